The topological polar surface area (TPSA) is 50.2 Å². The molecule has 1 aromatic carbocycles. The Morgan fingerprint density at radius 1 is 1.33 bits per heavy atom. The number of para-hydroxylation sites is 1. The molecular weight excluding hydrogens is 264 g/mol. The van der Waals surface area contributed by atoms with Gasteiger partial charge in [-0.25, -0.2) is 4.68 Å². The normalized spacial score (nSPS) is 12.2. The second kappa shape index (κ2) is 6.54. The van der Waals surface area contributed by atoms with Gasteiger partial charge in [0.15, 0.2) is 5.69 Å². The molecule has 21 heavy (non-hydrogen) atoms. The fourth-order valence-electron chi connectivity index (χ4n) is 2.37. The van der Waals surface area contributed by atoms with E-state index in [0.29, 0.717) is 5.69 Å². The van der Waals surface area contributed by atoms with Crippen molar-refractivity contribution in [3.8, 4) is 5.69 Å². The number of hydrogen-bond donors (Lipinski definition) is 1. The van der Waals surface area contributed by atoms with Gasteiger partial charge in [-0.2, -0.15) is 5.10 Å². The zero-order valence-corrected chi connectivity index (χ0v) is 13.0. The minimum atomic E-state index is -0.0908. The van der Waals surface area contributed by atoms with Crippen LogP contribution in [0.2, 0.25) is 0 Å². The molecule has 5 nitrogen and oxygen atoms in total. The molecule has 0 aliphatic carbocycles. The van der Waals surface area contributed by atoms with E-state index in [0.717, 1.165) is 12.1 Å². The van der Waals surface area contributed by atoms with Gasteiger partial charge < -0.3 is 10.2 Å². The number of amides is 1. The zero-order chi connectivity index (χ0) is 15.4. The second-order valence-corrected chi connectivity index (χ2v) is 5.15. The molecular formula is C16H22N4O. The highest BCUT2D eigenvalue weighted by molar-refractivity contribution is 5.91. The van der Waals surface area contributed by atoms with E-state index in [9.17, 15) is 4.79 Å². The monoisotopic (exact) mass is 286 g/mol. The third kappa shape index (κ3) is 3.13. The highest BCUT2D eigenvalue weighted by Crippen LogP contribution is 2.23. The molecule has 1 N–H and O–H groups in total. The van der Waals surface area contributed by atoms with Crippen molar-refractivity contribution in [2.45, 2.75) is 19.4 Å². The van der Waals surface area contributed by atoms with Gasteiger partial charge in [0.1, 0.15) is 0 Å². The molecule has 0 aliphatic heterocycles. The Morgan fingerprint density at radius 2 is 2.05 bits per heavy atom. The molecule has 0 aliphatic rings. The molecule has 1 heterocycles. The molecule has 0 spiro atoms. The fourth-order valence-corrected chi connectivity index (χ4v) is 2.37. The van der Waals surface area contributed by atoms with Gasteiger partial charge in [0.05, 0.1) is 5.69 Å². The molecule has 0 fully saturated rings. The molecule has 5 heteroatoms. The van der Waals surface area contributed by atoms with Crippen molar-refractivity contribution < 1.29 is 4.79 Å². The molecule has 112 valence electrons. The Balaban J connectivity index is 2.41. The van der Waals surface area contributed by atoms with Crippen LogP contribution in [0.1, 0.15) is 35.4 Å². The van der Waals surface area contributed by atoms with Gasteiger partial charge in [0.2, 0.25) is 0 Å². The van der Waals surface area contributed by atoms with E-state index in [1.807, 2.05) is 31.4 Å². The van der Waals surface area contributed by atoms with Gasteiger partial charge in [0, 0.05) is 26.3 Å². The van der Waals surface area contributed by atoms with Crippen molar-refractivity contribution in [1.29, 1.82) is 0 Å². The Labute approximate surface area is 125 Å². The van der Waals surface area contributed by atoms with Crippen LogP contribution in [0.25, 0.3) is 5.69 Å². The minimum Gasteiger partial charge on any atom is -0.343 e. The van der Waals surface area contributed by atoms with Gasteiger partial charge in [-0.1, -0.05) is 25.1 Å². The van der Waals surface area contributed by atoms with Gasteiger partial charge in [-0.3, -0.25) is 4.79 Å². The lowest BCUT2D eigenvalue weighted by Gasteiger charge is -2.18. The summed E-state index contributed by atoms with van der Waals surface area (Å²) in [5, 5.41) is 7.72. The smallest absolute Gasteiger partial charge is 0.273 e. The van der Waals surface area contributed by atoms with Crippen molar-refractivity contribution in [3.05, 3.63) is 47.8 Å². The number of nitrogens with zero attached hydrogens (tertiary/aromatic N) is 3. The average Bonchev–Trinajstić information content (AvgIpc) is 2.97. The lowest BCUT2D eigenvalue weighted by molar-refractivity contribution is 0.0821. The van der Waals surface area contributed by atoms with Gasteiger partial charge in [-0.05, 0) is 31.2 Å². The summed E-state index contributed by atoms with van der Waals surface area (Å²) < 4.78 is 1.77. The summed E-state index contributed by atoms with van der Waals surface area (Å²) in [7, 11) is 5.40. The molecule has 1 unspecified atom stereocenters. The number of nitrogens with one attached hydrogen (secondary N) is 1. The highest BCUT2D eigenvalue weighted by Gasteiger charge is 2.16. The Bertz CT molecular complexity index is 614. The van der Waals surface area contributed by atoms with Crippen LogP contribution in [0.4, 0.5) is 0 Å². The lowest BCUT2D eigenvalue weighted by Crippen LogP contribution is -2.22. The third-order valence-electron chi connectivity index (χ3n) is 3.53. The van der Waals surface area contributed by atoms with Crippen LogP contribution < -0.4 is 5.32 Å². The molecule has 1 amide bonds. The minimum absolute atomic E-state index is 0.0908. The summed E-state index contributed by atoms with van der Waals surface area (Å²) in [6, 6.07) is 10.1. The number of rotatable bonds is 5. The highest BCUT2D eigenvalue weighted by atomic mass is 16.2. The number of hydrogen-bond acceptors (Lipinski definition) is 3. The van der Waals surface area contributed by atoms with Crippen LogP contribution in [0.3, 0.4) is 0 Å². The first kappa shape index (κ1) is 15.3. The van der Waals surface area contributed by atoms with E-state index >= 15 is 0 Å². The van der Waals surface area contributed by atoms with Gasteiger partial charge in [-0.15, -0.1) is 0 Å². The standard InChI is InChI=1S/C16H22N4O/c1-5-13(17-2)12-8-6-7-9-15(12)20-11-10-14(18-20)16(21)19(3)4/h6-11,13,17H,5H2,1-4H3. The summed E-state index contributed by atoms with van der Waals surface area (Å²) in [5.41, 5.74) is 2.62. The van der Waals surface area contributed by atoms with Crippen LogP contribution in [-0.2, 0) is 0 Å². The van der Waals surface area contributed by atoms with Gasteiger partial charge in [0.25, 0.3) is 5.91 Å². The van der Waals surface area contributed by atoms with Crippen LogP contribution in [-0.4, -0.2) is 41.7 Å². The lowest BCUT2D eigenvalue weighted by atomic mass is 10.0. The molecule has 2 rings (SSSR count). The van der Waals surface area contributed by atoms with Crippen LogP contribution in [0, 0.1) is 0 Å². The first-order valence-corrected chi connectivity index (χ1v) is 7.12. The predicted octanol–water partition coefficient (Wildman–Crippen LogP) is 2.24. The summed E-state index contributed by atoms with van der Waals surface area (Å²) in [5.74, 6) is -0.0908. The number of carbonyl (C=O) groups is 1. The van der Waals surface area contributed by atoms with Crippen molar-refractivity contribution in [3.63, 3.8) is 0 Å². The van der Waals surface area contributed by atoms with E-state index in [4.69, 9.17) is 0 Å². The van der Waals surface area contributed by atoms with E-state index in [1.165, 1.54) is 10.5 Å². The molecule has 0 bridgehead atoms. The number of benzene rings is 1. The second-order valence-electron chi connectivity index (χ2n) is 5.15. The fraction of sp³-hybridized carbons (Fsp3) is 0.375. The quantitative estimate of drug-likeness (QED) is 0.917. The Morgan fingerprint density at radius 3 is 2.67 bits per heavy atom. The van der Waals surface area contributed by atoms with Crippen molar-refractivity contribution in [1.82, 2.24) is 20.0 Å². The van der Waals surface area contributed by atoms with E-state index < -0.39 is 0 Å². The first-order valence-electron chi connectivity index (χ1n) is 7.12. The number of carbonyl (C=O) groups excluding carboxylic acids is 1. The van der Waals surface area contributed by atoms with Crippen molar-refractivity contribution >= 4 is 5.91 Å². The van der Waals surface area contributed by atoms with Crippen LogP contribution >= 0.6 is 0 Å². The first-order chi connectivity index (χ1) is 10.1. The van der Waals surface area contributed by atoms with E-state index in [1.54, 1.807) is 24.8 Å². The predicted molar refractivity (Wildman–Crippen MR) is 83.7 cm³/mol. The Hall–Kier alpha value is -2.14. The summed E-state index contributed by atoms with van der Waals surface area (Å²) in [6.45, 7) is 2.14. The molecule has 1 aromatic heterocycles. The Kier molecular flexibility index (Phi) is 4.75. The largest absolute Gasteiger partial charge is 0.343 e. The maximum Gasteiger partial charge on any atom is 0.273 e. The van der Waals surface area contributed by atoms with E-state index in [2.05, 4.69) is 23.4 Å². The third-order valence-corrected chi connectivity index (χ3v) is 3.53. The summed E-state index contributed by atoms with van der Waals surface area (Å²) in [4.78, 5) is 13.5. The number of aromatic nitrogens is 2. The maximum atomic E-state index is 12.0. The maximum absolute atomic E-state index is 12.0. The van der Waals surface area contributed by atoms with E-state index in [-0.39, 0.29) is 11.9 Å². The molecule has 0 radical (unpaired) electrons. The molecule has 0 saturated carbocycles. The van der Waals surface area contributed by atoms with Crippen molar-refractivity contribution in [2.24, 2.45) is 0 Å². The summed E-state index contributed by atoms with van der Waals surface area (Å²) >= 11 is 0. The van der Waals surface area contributed by atoms with Crippen LogP contribution in [0.15, 0.2) is 36.5 Å². The zero-order valence-electron chi connectivity index (χ0n) is 13.0. The summed E-state index contributed by atoms with van der Waals surface area (Å²) in [6.07, 6.45) is 2.82. The molecule has 0 saturated heterocycles. The van der Waals surface area contributed by atoms with Crippen LogP contribution in [0.5, 0.6) is 0 Å². The SMILES string of the molecule is CCC(NC)c1ccccc1-n1ccc(C(=O)N(C)C)n1. The average molecular weight is 286 g/mol. The van der Waals surface area contributed by atoms with Crippen molar-refractivity contribution in [2.75, 3.05) is 21.1 Å². The molecule has 1 atom stereocenters. The van der Waals surface area contributed by atoms with Gasteiger partial charge >= 0.3 is 0 Å². The molecule has 2 aromatic rings.